The van der Waals surface area contributed by atoms with Gasteiger partial charge in [-0.2, -0.15) is 0 Å². The number of hydrogen-bond donors (Lipinski definition) is 0. The van der Waals surface area contributed by atoms with Crippen molar-refractivity contribution in [2.24, 2.45) is 0 Å². The van der Waals surface area contributed by atoms with Crippen LogP contribution in [0.5, 0.6) is 0 Å². The molecule has 0 aliphatic carbocycles. The van der Waals surface area contributed by atoms with E-state index < -0.39 is 0 Å². The molecule has 56 valence electrons. The zero-order chi connectivity index (χ0) is 6.85. The van der Waals surface area contributed by atoms with E-state index in [0.717, 1.165) is 11.1 Å². The van der Waals surface area contributed by atoms with Gasteiger partial charge in [0.25, 0.3) is 0 Å². The van der Waals surface area contributed by atoms with Crippen molar-refractivity contribution in [1.29, 1.82) is 0 Å². The Balaban J connectivity index is 0. The van der Waals surface area contributed by atoms with Crippen LogP contribution in [0.4, 0.5) is 5.69 Å². The van der Waals surface area contributed by atoms with Crippen LogP contribution < -0.4 is 17.0 Å². The minimum absolute atomic E-state index is 0. The molecule has 11 heavy (non-hydrogen) atoms. The fourth-order valence-corrected chi connectivity index (χ4v) is 0.814. The van der Waals surface area contributed by atoms with Crippen molar-refractivity contribution in [3.8, 4) is 0 Å². The molecule has 0 radical (unpaired) electrons. The molecule has 0 aromatic heterocycles. The maximum atomic E-state index is 7.44. The molecule has 0 fully saturated rings. The van der Waals surface area contributed by atoms with E-state index in [2.05, 4.69) is 0 Å². The van der Waals surface area contributed by atoms with Crippen LogP contribution in [0, 0.1) is 13.8 Å². The molecule has 1 N–H and O–H groups in total. The van der Waals surface area contributed by atoms with Crippen LogP contribution >= 0.6 is 0 Å². The predicted octanol–water partition coefficient (Wildman–Crippen LogP) is -0.390. The molecule has 1 aromatic rings. The average molecular weight is 224 g/mol. The van der Waals surface area contributed by atoms with Crippen molar-refractivity contribution in [2.75, 3.05) is 0 Å². The van der Waals surface area contributed by atoms with Gasteiger partial charge >= 0.3 is 23.1 Å². The first-order chi connectivity index (χ1) is 4.22. The third-order valence-electron chi connectivity index (χ3n) is 1.48. The Morgan fingerprint density at radius 2 is 1.45 bits per heavy atom. The quantitative estimate of drug-likeness (QED) is 0.536. The van der Waals surface area contributed by atoms with Crippen LogP contribution in [0.2, 0.25) is 0 Å². The maximum absolute atomic E-state index is 7.44. The minimum Gasteiger partial charge on any atom is -1.00 e. The topological polar surface area (TPSA) is 23.8 Å². The van der Waals surface area contributed by atoms with Gasteiger partial charge in [0, 0.05) is 0 Å². The van der Waals surface area contributed by atoms with Gasteiger partial charge in [0.15, 0.2) is 0 Å². The largest absolute Gasteiger partial charge is 2.00 e. The van der Waals surface area contributed by atoms with Gasteiger partial charge in [-0.3, -0.25) is 0 Å². The van der Waals surface area contributed by atoms with Gasteiger partial charge in [-0.05, 0) is 13.8 Å². The average Bonchev–Trinajstić information content (AvgIpc) is 1.83. The van der Waals surface area contributed by atoms with E-state index in [-0.39, 0.29) is 40.0 Å². The summed E-state index contributed by atoms with van der Waals surface area (Å²) in [5.41, 5.74) is 10.2. The first-order valence-electron chi connectivity index (χ1n) is 2.99. The third kappa shape index (κ3) is 3.45. The summed E-state index contributed by atoms with van der Waals surface area (Å²) < 4.78 is 0. The SMILES string of the molecule is Cc1cccc(C)c1[NH-].[Br-].[Mg+2]. The summed E-state index contributed by atoms with van der Waals surface area (Å²) in [7, 11) is 0. The summed E-state index contributed by atoms with van der Waals surface area (Å²) >= 11 is 0. The van der Waals surface area contributed by atoms with Crippen molar-refractivity contribution in [1.82, 2.24) is 0 Å². The first-order valence-corrected chi connectivity index (χ1v) is 2.99. The van der Waals surface area contributed by atoms with Crippen molar-refractivity contribution in [2.45, 2.75) is 13.8 Å². The molecule has 1 nitrogen and oxygen atoms in total. The molecular formula is C8H10BrMgN. The van der Waals surface area contributed by atoms with E-state index in [9.17, 15) is 0 Å². The second-order valence-electron chi connectivity index (χ2n) is 2.27. The Hall–Kier alpha value is 0.266. The number of hydrogen-bond acceptors (Lipinski definition) is 0. The summed E-state index contributed by atoms with van der Waals surface area (Å²) in [5.74, 6) is 0. The molecule has 0 bridgehead atoms. The standard InChI is InChI=1S/C8H10N.BrH.Mg/c1-6-4-3-5-7(2)8(6)9;;/h3-5,9H,1-2H3;1H;/q-1;;+2/p-1. The van der Waals surface area contributed by atoms with E-state index in [1.807, 2.05) is 32.0 Å². The van der Waals surface area contributed by atoms with Crippen LogP contribution in [0.15, 0.2) is 18.2 Å². The van der Waals surface area contributed by atoms with Gasteiger partial charge in [-0.1, -0.05) is 29.3 Å². The summed E-state index contributed by atoms with van der Waals surface area (Å²) in [5, 5.41) is 0. The van der Waals surface area contributed by atoms with E-state index in [0.29, 0.717) is 5.69 Å². The number of benzene rings is 1. The second-order valence-corrected chi connectivity index (χ2v) is 2.27. The summed E-state index contributed by atoms with van der Waals surface area (Å²) in [6, 6.07) is 5.88. The normalized spacial score (nSPS) is 7.82. The van der Waals surface area contributed by atoms with Gasteiger partial charge in [0.05, 0.1) is 0 Å². The molecule has 0 aliphatic heterocycles. The third-order valence-corrected chi connectivity index (χ3v) is 1.48. The van der Waals surface area contributed by atoms with Crippen LogP contribution in [-0.4, -0.2) is 23.1 Å². The monoisotopic (exact) mass is 223 g/mol. The summed E-state index contributed by atoms with van der Waals surface area (Å²) in [4.78, 5) is 0. The Morgan fingerprint density at radius 3 is 1.73 bits per heavy atom. The minimum atomic E-state index is 0. The molecule has 0 amide bonds. The Labute approximate surface area is 94.3 Å². The van der Waals surface area contributed by atoms with Gasteiger partial charge in [-0.25, -0.2) is 0 Å². The summed E-state index contributed by atoms with van der Waals surface area (Å²) in [6.07, 6.45) is 0. The van der Waals surface area contributed by atoms with Crippen molar-refractivity contribution in [3.05, 3.63) is 35.1 Å². The second kappa shape index (κ2) is 5.86. The number of rotatable bonds is 0. The van der Waals surface area contributed by atoms with Crippen LogP contribution in [-0.2, 0) is 0 Å². The molecular weight excluding hydrogens is 214 g/mol. The van der Waals surface area contributed by atoms with Crippen LogP contribution in [0.1, 0.15) is 11.1 Å². The Bertz CT molecular complexity index is 205. The van der Waals surface area contributed by atoms with Gasteiger partial charge < -0.3 is 22.7 Å². The molecule has 0 saturated heterocycles. The van der Waals surface area contributed by atoms with Gasteiger partial charge in [0.1, 0.15) is 0 Å². The molecule has 0 unspecified atom stereocenters. The van der Waals surface area contributed by atoms with Crippen molar-refractivity contribution in [3.63, 3.8) is 0 Å². The zero-order valence-corrected chi connectivity index (χ0v) is 9.82. The Kier molecular flexibility index (Phi) is 7.37. The van der Waals surface area contributed by atoms with Crippen LogP contribution in [0.3, 0.4) is 0 Å². The maximum Gasteiger partial charge on any atom is 2.00 e. The Morgan fingerprint density at radius 1 is 1.09 bits per heavy atom. The zero-order valence-electron chi connectivity index (χ0n) is 6.82. The molecule has 0 heterocycles. The fraction of sp³-hybridized carbons (Fsp3) is 0.250. The molecule has 0 saturated carbocycles. The van der Waals surface area contributed by atoms with Crippen LogP contribution in [0.25, 0.3) is 5.73 Å². The van der Waals surface area contributed by atoms with Gasteiger partial charge in [0.2, 0.25) is 0 Å². The molecule has 0 atom stereocenters. The molecule has 1 aromatic carbocycles. The van der Waals surface area contributed by atoms with E-state index in [4.69, 9.17) is 5.73 Å². The number of nitrogens with one attached hydrogen (secondary N) is 1. The molecule has 0 spiro atoms. The van der Waals surface area contributed by atoms with E-state index in [1.165, 1.54) is 0 Å². The fourth-order valence-electron chi connectivity index (χ4n) is 0.814. The summed E-state index contributed by atoms with van der Waals surface area (Å²) in [6.45, 7) is 3.91. The molecule has 0 aliphatic rings. The van der Waals surface area contributed by atoms with E-state index in [1.54, 1.807) is 0 Å². The predicted molar refractivity (Wildman–Crippen MR) is 45.7 cm³/mol. The van der Waals surface area contributed by atoms with Crippen molar-refractivity contribution >= 4 is 28.7 Å². The number of halogens is 1. The number of aryl methyl sites for hydroxylation is 2. The van der Waals surface area contributed by atoms with E-state index >= 15 is 0 Å². The smallest absolute Gasteiger partial charge is 1.00 e. The molecule has 1 rings (SSSR count). The van der Waals surface area contributed by atoms with Gasteiger partial charge in [-0.15, -0.1) is 5.69 Å². The first kappa shape index (κ1) is 13.8. The molecule has 3 heteroatoms. The van der Waals surface area contributed by atoms with Crippen molar-refractivity contribution < 1.29 is 17.0 Å².